The summed E-state index contributed by atoms with van der Waals surface area (Å²) in [6.45, 7) is 10.6. The van der Waals surface area contributed by atoms with E-state index in [0.29, 0.717) is 12.2 Å². The summed E-state index contributed by atoms with van der Waals surface area (Å²) in [5.41, 5.74) is 3.88. The smallest absolute Gasteiger partial charge is 0.358 e. The van der Waals surface area contributed by atoms with E-state index >= 15 is 0 Å². The van der Waals surface area contributed by atoms with E-state index < -0.39 is 5.97 Å². The van der Waals surface area contributed by atoms with Crippen LogP contribution in [0, 0.1) is 13.8 Å². The Kier molecular flexibility index (Phi) is 3.85. The third-order valence-electron chi connectivity index (χ3n) is 3.55. The van der Waals surface area contributed by atoms with Gasteiger partial charge in [0.05, 0.1) is 12.2 Å². The first-order valence-electron chi connectivity index (χ1n) is 6.93. The van der Waals surface area contributed by atoms with Crippen molar-refractivity contribution in [2.45, 2.75) is 46.6 Å². The Morgan fingerprint density at radius 1 is 1.24 bits per heavy atom. The van der Waals surface area contributed by atoms with Crippen molar-refractivity contribution in [2.24, 2.45) is 0 Å². The lowest BCUT2D eigenvalue weighted by Gasteiger charge is -2.20. The van der Waals surface area contributed by atoms with Gasteiger partial charge >= 0.3 is 5.97 Å². The van der Waals surface area contributed by atoms with Crippen LogP contribution in [0.5, 0.6) is 0 Å². The van der Waals surface area contributed by atoms with Crippen molar-refractivity contribution in [3.63, 3.8) is 0 Å². The van der Waals surface area contributed by atoms with Crippen molar-refractivity contribution < 1.29 is 9.90 Å². The van der Waals surface area contributed by atoms with Crippen LogP contribution in [0.15, 0.2) is 18.2 Å². The maximum Gasteiger partial charge on any atom is 0.358 e. The zero-order valence-corrected chi connectivity index (χ0v) is 13.1. The molecule has 0 amide bonds. The fraction of sp³-hybridized carbons (Fsp3) is 0.438. The molecular weight excluding hydrogens is 266 g/mol. The highest BCUT2D eigenvalue weighted by Crippen LogP contribution is 2.25. The number of carboxylic acid groups (broad SMARTS) is 1. The van der Waals surface area contributed by atoms with Crippen LogP contribution in [0.2, 0.25) is 0 Å². The topological polar surface area (TPSA) is 68.0 Å². The number of aromatic nitrogens is 3. The summed E-state index contributed by atoms with van der Waals surface area (Å²) >= 11 is 0. The van der Waals surface area contributed by atoms with Crippen molar-refractivity contribution in [1.82, 2.24) is 15.0 Å². The Balaban J connectivity index is 2.45. The standard InChI is InChI=1S/C16H21N3O2/c1-10-6-7-12(8-11(10)2)9-19-14(16(3,4)5)13(15(20)21)17-18-19/h6-8H,9H2,1-5H3,(H,20,21). The number of nitrogens with zero attached hydrogens (tertiary/aromatic N) is 3. The molecule has 0 saturated carbocycles. The van der Waals surface area contributed by atoms with Crippen molar-refractivity contribution in [3.8, 4) is 0 Å². The van der Waals surface area contributed by atoms with Gasteiger partial charge in [-0.2, -0.15) is 0 Å². The zero-order chi connectivity index (χ0) is 15.8. The first kappa shape index (κ1) is 15.2. The Hall–Kier alpha value is -2.17. The molecule has 112 valence electrons. The second-order valence-electron chi connectivity index (χ2n) is 6.42. The summed E-state index contributed by atoms with van der Waals surface area (Å²) in [5, 5.41) is 17.1. The Labute approximate surface area is 124 Å². The monoisotopic (exact) mass is 287 g/mol. The van der Waals surface area contributed by atoms with Gasteiger partial charge in [-0.1, -0.05) is 44.2 Å². The third kappa shape index (κ3) is 3.12. The molecule has 0 atom stereocenters. The minimum atomic E-state index is -1.04. The molecule has 1 aromatic carbocycles. The van der Waals surface area contributed by atoms with Gasteiger partial charge in [0, 0.05) is 5.41 Å². The van der Waals surface area contributed by atoms with Crippen LogP contribution in [0.4, 0.5) is 0 Å². The van der Waals surface area contributed by atoms with Crippen LogP contribution < -0.4 is 0 Å². The van der Waals surface area contributed by atoms with E-state index in [0.717, 1.165) is 5.56 Å². The van der Waals surface area contributed by atoms with Crippen LogP contribution in [0.1, 0.15) is 53.6 Å². The molecule has 2 aromatic rings. The molecular formula is C16H21N3O2. The van der Waals surface area contributed by atoms with Gasteiger partial charge in [-0.3, -0.25) is 0 Å². The van der Waals surface area contributed by atoms with E-state index in [2.05, 4.69) is 36.3 Å². The van der Waals surface area contributed by atoms with E-state index in [4.69, 9.17) is 0 Å². The number of aryl methyl sites for hydroxylation is 2. The van der Waals surface area contributed by atoms with Gasteiger partial charge in [0.2, 0.25) is 0 Å². The molecule has 0 fully saturated rings. The highest BCUT2D eigenvalue weighted by atomic mass is 16.4. The number of hydrogen-bond acceptors (Lipinski definition) is 3. The minimum absolute atomic E-state index is 0.0336. The second-order valence-corrected chi connectivity index (χ2v) is 6.42. The van der Waals surface area contributed by atoms with E-state index in [1.165, 1.54) is 11.1 Å². The Bertz CT molecular complexity index is 681. The van der Waals surface area contributed by atoms with Crippen LogP contribution in [-0.2, 0) is 12.0 Å². The van der Waals surface area contributed by atoms with Crippen LogP contribution in [0.25, 0.3) is 0 Å². The van der Waals surface area contributed by atoms with Gasteiger partial charge in [0.15, 0.2) is 5.69 Å². The number of rotatable bonds is 3. The van der Waals surface area contributed by atoms with Gasteiger partial charge in [0.25, 0.3) is 0 Å². The lowest BCUT2D eigenvalue weighted by molar-refractivity contribution is 0.0687. The summed E-state index contributed by atoms with van der Waals surface area (Å²) in [5.74, 6) is -1.04. The van der Waals surface area contributed by atoms with E-state index in [-0.39, 0.29) is 11.1 Å². The number of aromatic carboxylic acids is 1. The summed E-state index contributed by atoms with van der Waals surface area (Å²) in [7, 11) is 0. The first-order chi connectivity index (χ1) is 9.70. The fourth-order valence-corrected chi connectivity index (χ4v) is 2.38. The van der Waals surface area contributed by atoms with E-state index in [1.807, 2.05) is 26.8 Å². The molecule has 0 unspecified atom stereocenters. The average molecular weight is 287 g/mol. The Morgan fingerprint density at radius 2 is 1.90 bits per heavy atom. The molecule has 1 heterocycles. The van der Waals surface area contributed by atoms with Gasteiger partial charge in [-0.15, -0.1) is 5.10 Å². The molecule has 0 aliphatic heterocycles. The van der Waals surface area contributed by atoms with Crippen LogP contribution >= 0.6 is 0 Å². The zero-order valence-electron chi connectivity index (χ0n) is 13.1. The fourth-order valence-electron chi connectivity index (χ4n) is 2.38. The highest BCUT2D eigenvalue weighted by molar-refractivity contribution is 5.86. The summed E-state index contributed by atoms with van der Waals surface area (Å²) in [4.78, 5) is 11.3. The van der Waals surface area contributed by atoms with Crippen molar-refractivity contribution >= 4 is 5.97 Å². The highest BCUT2D eigenvalue weighted by Gasteiger charge is 2.28. The maximum atomic E-state index is 11.3. The lowest BCUT2D eigenvalue weighted by atomic mass is 9.90. The Morgan fingerprint density at radius 3 is 2.43 bits per heavy atom. The first-order valence-corrected chi connectivity index (χ1v) is 6.93. The largest absolute Gasteiger partial charge is 0.476 e. The molecule has 0 spiro atoms. The molecule has 1 aromatic heterocycles. The van der Waals surface area contributed by atoms with Gasteiger partial charge in [-0.05, 0) is 30.5 Å². The van der Waals surface area contributed by atoms with Crippen LogP contribution in [0.3, 0.4) is 0 Å². The summed E-state index contributed by atoms with van der Waals surface area (Å²) < 4.78 is 1.69. The molecule has 0 saturated heterocycles. The van der Waals surface area contributed by atoms with Crippen LogP contribution in [-0.4, -0.2) is 26.1 Å². The van der Waals surface area contributed by atoms with Crippen molar-refractivity contribution in [3.05, 3.63) is 46.3 Å². The predicted molar refractivity (Wildman–Crippen MR) is 80.7 cm³/mol. The number of carboxylic acids is 1. The molecule has 0 bridgehead atoms. The molecule has 0 aliphatic rings. The molecule has 5 heteroatoms. The number of carbonyl (C=O) groups is 1. The number of benzene rings is 1. The quantitative estimate of drug-likeness (QED) is 0.942. The van der Waals surface area contributed by atoms with Gasteiger partial charge < -0.3 is 5.11 Å². The lowest BCUT2D eigenvalue weighted by Crippen LogP contribution is -2.22. The summed E-state index contributed by atoms with van der Waals surface area (Å²) in [6.07, 6.45) is 0. The van der Waals surface area contributed by atoms with E-state index in [9.17, 15) is 9.90 Å². The average Bonchev–Trinajstić information content (AvgIpc) is 2.77. The molecule has 0 radical (unpaired) electrons. The third-order valence-corrected chi connectivity index (χ3v) is 3.55. The van der Waals surface area contributed by atoms with E-state index in [1.54, 1.807) is 4.68 Å². The normalized spacial score (nSPS) is 11.7. The molecule has 1 N–H and O–H groups in total. The van der Waals surface area contributed by atoms with Gasteiger partial charge in [0.1, 0.15) is 0 Å². The number of hydrogen-bond donors (Lipinski definition) is 1. The van der Waals surface area contributed by atoms with Crippen molar-refractivity contribution in [2.75, 3.05) is 0 Å². The molecule has 0 aliphatic carbocycles. The van der Waals surface area contributed by atoms with Crippen molar-refractivity contribution in [1.29, 1.82) is 0 Å². The molecule has 2 rings (SSSR count). The SMILES string of the molecule is Cc1ccc(Cn2nnc(C(=O)O)c2C(C)(C)C)cc1C. The summed E-state index contributed by atoms with van der Waals surface area (Å²) in [6, 6.07) is 6.21. The predicted octanol–water partition coefficient (Wildman–Crippen LogP) is 2.94. The molecule has 5 nitrogen and oxygen atoms in total. The second kappa shape index (κ2) is 5.31. The molecule has 21 heavy (non-hydrogen) atoms. The maximum absolute atomic E-state index is 11.3. The minimum Gasteiger partial charge on any atom is -0.476 e. The van der Waals surface area contributed by atoms with Gasteiger partial charge in [-0.25, -0.2) is 9.48 Å².